The molecular formula is C22H24N4O2S. The van der Waals surface area contributed by atoms with E-state index in [1.54, 1.807) is 30.5 Å². The van der Waals surface area contributed by atoms with Crippen LogP contribution >= 0.6 is 11.8 Å². The Balaban J connectivity index is 1.67. The molecule has 0 spiro atoms. The first-order valence-corrected chi connectivity index (χ1v) is 10.4. The first kappa shape index (κ1) is 20.7. The molecule has 3 rings (SSSR count). The Morgan fingerprint density at radius 3 is 2.52 bits per heavy atom. The molecule has 0 aliphatic heterocycles. The Kier molecular flexibility index (Phi) is 6.72. The molecule has 0 aliphatic rings. The number of para-hydroxylation sites is 1. The van der Waals surface area contributed by atoms with Crippen molar-refractivity contribution in [1.82, 2.24) is 9.55 Å². The van der Waals surface area contributed by atoms with Crippen molar-refractivity contribution < 1.29 is 9.59 Å². The van der Waals surface area contributed by atoms with Crippen LogP contribution in [0.2, 0.25) is 0 Å². The molecule has 1 aromatic heterocycles. The molecule has 6 nitrogen and oxygen atoms in total. The third-order valence-electron chi connectivity index (χ3n) is 4.22. The van der Waals surface area contributed by atoms with Crippen LogP contribution in [0.5, 0.6) is 0 Å². The van der Waals surface area contributed by atoms with Gasteiger partial charge in [-0.05, 0) is 35.7 Å². The number of hydrogen-bond donors (Lipinski definition) is 2. The normalized spacial score (nSPS) is 10.8. The Morgan fingerprint density at radius 2 is 1.79 bits per heavy atom. The lowest BCUT2D eigenvalue weighted by Crippen LogP contribution is -2.15. The summed E-state index contributed by atoms with van der Waals surface area (Å²) in [6.45, 7) is 5.76. The Morgan fingerprint density at radius 1 is 1.07 bits per heavy atom. The van der Waals surface area contributed by atoms with Crippen LogP contribution in [0.25, 0.3) is 5.69 Å². The van der Waals surface area contributed by atoms with Gasteiger partial charge in [-0.3, -0.25) is 14.2 Å². The van der Waals surface area contributed by atoms with E-state index in [-0.39, 0.29) is 17.6 Å². The van der Waals surface area contributed by atoms with Crippen molar-refractivity contribution >= 4 is 35.0 Å². The second-order valence-corrected chi connectivity index (χ2v) is 7.83. The van der Waals surface area contributed by atoms with E-state index in [0.29, 0.717) is 17.3 Å². The van der Waals surface area contributed by atoms with Crippen LogP contribution in [0.1, 0.15) is 32.3 Å². The summed E-state index contributed by atoms with van der Waals surface area (Å²) < 4.78 is 2.02. The number of amides is 2. The number of hydrogen-bond acceptors (Lipinski definition) is 4. The summed E-state index contributed by atoms with van der Waals surface area (Å²) in [5.74, 6) is 0.315. The molecule has 0 fully saturated rings. The standard InChI is InChI=1S/C22H24N4O2S/c1-15(2)19-9-4-5-10-20(19)26-12-11-23-22(26)29-14-21(28)25-18-8-6-7-17(13-18)24-16(3)27/h4-13,15H,14H2,1-3H3,(H,24,27)(H,25,28). The van der Waals surface area contributed by atoms with Gasteiger partial charge in [0, 0.05) is 30.7 Å². The van der Waals surface area contributed by atoms with Crippen molar-refractivity contribution in [3.63, 3.8) is 0 Å². The van der Waals surface area contributed by atoms with E-state index in [1.807, 2.05) is 22.9 Å². The van der Waals surface area contributed by atoms with E-state index < -0.39 is 0 Å². The molecule has 2 N–H and O–H groups in total. The largest absolute Gasteiger partial charge is 0.326 e. The van der Waals surface area contributed by atoms with Crippen molar-refractivity contribution in [3.8, 4) is 5.69 Å². The number of imidazole rings is 1. The lowest BCUT2D eigenvalue weighted by molar-refractivity contribution is -0.114. The monoisotopic (exact) mass is 408 g/mol. The number of nitrogens with zero attached hydrogens (tertiary/aromatic N) is 2. The van der Waals surface area contributed by atoms with Gasteiger partial charge in [-0.2, -0.15) is 0 Å². The van der Waals surface area contributed by atoms with E-state index in [1.165, 1.54) is 24.2 Å². The molecule has 2 aromatic carbocycles. The van der Waals surface area contributed by atoms with Crippen molar-refractivity contribution in [2.75, 3.05) is 16.4 Å². The minimum atomic E-state index is -0.155. The van der Waals surface area contributed by atoms with Gasteiger partial charge in [0.1, 0.15) is 0 Å². The molecule has 2 amide bonds. The zero-order valence-electron chi connectivity index (χ0n) is 16.7. The van der Waals surface area contributed by atoms with Crippen LogP contribution in [0.4, 0.5) is 11.4 Å². The summed E-state index contributed by atoms with van der Waals surface area (Å²) >= 11 is 1.38. The van der Waals surface area contributed by atoms with Gasteiger partial charge in [0.05, 0.1) is 11.4 Å². The van der Waals surface area contributed by atoms with Gasteiger partial charge in [0.15, 0.2) is 5.16 Å². The summed E-state index contributed by atoms with van der Waals surface area (Å²) in [7, 11) is 0. The van der Waals surface area contributed by atoms with Gasteiger partial charge in [0.25, 0.3) is 0 Å². The van der Waals surface area contributed by atoms with Crippen molar-refractivity contribution in [2.45, 2.75) is 31.8 Å². The number of rotatable bonds is 7. The molecule has 0 atom stereocenters. The molecule has 0 bridgehead atoms. The molecular weight excluding hydrogens is 384 g/mol. The number of carbonyl (C=O) groups is 2. The quantitative estimate of drug-likeness (QED) is 0.556. The molecule has 7 heteroatoms. The number of aromatic nitrogens is 2. The molecule has 1 heterocycles. The minimum absolute atomic E-state index is 0.137. The first-order valence-electron chi connectivity index (χ1n) is 9.37. The van der Waals surface area contributed by atoms with Crippen molar-refractivity contribution in [2.24, 2.45) is 0 Å². The number of nitrogens with one attached hydrogen (secondary N) is 2. The lowest BCUT2D eigenvalue weighted by Gasteiger charge is -2.15. The van der Waals surface area contributed by atoms with E-state index in [2.05, 4.69) is 41.6 Å². The fraction of sp³-hybridized carbons (Fsp3) is 0.227. The zero-order chi connectivity index (χ0) is 20.8. The topological polar surface area (TPSA) is 76.0 Å². The van der Waals surface area contributed by atoms with Crippen LogP contribution < -0.4 is 10.6 Å². The third-order valence-corrected chi connectivity index (χ3v) is 5.19. The van der Waals surface area contributed by atoms with Crippen molar-refractivity contribution in [1.29, 1.82) is 0 Å². The van der Waals surface area contributed by atoms with Crippen LogP contribution in [0, 0.1) is 0 Å². The highest BCUT2D eigenvalue weighted by atomic mass is 32.2. The summed E-state index contributed by atoms with van der Waals surface area (Å²) in [5, 5.41) is 6.33. The maximum Gasteiger partial charge on any atom is 0.234 e. The molecule has 0 unspecified atom stereocenters. The minimum Gasteiger partial charge on any atom is -0.326 e. The van der Waals surface area contributed by atoms with E-state index in [4.69, 9.17) is 0 Å². The molecule has 29 heavy (non-hydrogen) atoms. The number of benzene rings is 2. The average Bonchev–Trinajstić information content (AvgIpc) is 3.14. The SMILES string of the molecule is CC(=O)Nc1cccc(NC(=O)CSc2nccn2-c2ccccc2C(C)C)c1. The summed E-state index contributed by atoms with van der Waals surface area (Å²) in [6, 6.07) is 15.3. The summed E-state index contributed by atoms with van der Waals surface area (Å²) in [6.07, 6.45) is 3.66. The van der Waals surface area contributed by atoms with Crippen molar-refractivity contribution in [3.05, 3.63) is 66.5 Å². The van der Waals surface area contributed by atoms with E-state index >= 15 is 0 Å². The molecule has 3 aromatic rings. The van der Waals surface area contributed by atoms with Gasteiger partial charge in [-0.1, -0.05) is 49.9 Å². The fourth-order valence-corrected chi connectivity index (χ4v) is 3.75. The maximum atomic E-state index is 12.4. The third kappa shape index (κ3) is 5.48. The van der Waals surface area contributed by atoms with Gasteiger partial charge in [0.2, 0.25) is 11.8 Å². The molecule has 0 aliphatic carbocycles. The highest BCUT2D eigenvalue weighted by molar-refractivity contribution is 7.99. The second-order valence-electron chi connectivity index (χ2n) is 6.89. The van der Waals surface area contributed by atoms with Crippen LogP contribution in [0.3, 0.4) is 0 Å². The Bertz CT molecular complexity index is 1010. The summed E-state index contributed by atoms with van der Waals surface area (Å²) in [5.41, 5.74) is 3.58. The number of anilines is 2. The molecule has 150 valence electrons. The highest BCUT2D eigenvalue weighted by Gasteiger charge is 2.13. The predicted molar refractivity (Wildman–Crippen MR) is 118 cm³/mol. The molecule has 0 saturated carbocycles. The number of thioether (sulfide) groups is 1. The van der Waals surface area contributed by atoms with Crippen LogP contribution in [-0.2, 0) is 9.59 Å². The first-order chi connectivity index (χ1) is 13.9. The molecule has 0 saturated heterocycles. The van der Waals surface area contributed by atoms with E-state index in [9.17, 15) is 9.59 Å². The van der Waals surface area contributed by atoms with Crippen LogP contribution in [0.15, 0.2) is 66.1 Å². The fourth-order valence-electron chi connectivity index (χ4n) is 2.98. The average molecular weight is 409 g/mol. The van der Waals surface area contributed by atoms with Gasteiger partial charge in [-0.25, -0.2) is 4.98 Å². The zero-order valence-corrected chi connectivity index (χ0v) is 17.5. The van der Waals surface area contributed by atoms with Gasteiger partial charge in [-0.15, -0.1) is 0 Å². The Hall–Kier alpha value is -3.06. The molecule has 0 radical (unpaired) electrons. The summed E-state index contributed by atoms with van der Waals surface area (Å²) in [4.78, 5) is 28.0. The van der Waals surface area contributed by atoms with Gasteiger partial charge >= 0.3 is 0 Å². The number of carbonyl (C=O) groups excluding carboxylic acids is 2. The predicted octanol–water partition coefficient (Wildman–Crippen LogP) is 4.68. The van der Waals surface area contributed by atoms with Gasteiger partial charge < -0.3 is 10.6 Å². The smallest absolute Gasteiger partial charge is 0.234 e. The Labute approximate surface area is 174 Å². The lowest BCUT2D eigenvalue weighted by atomic mass is 10.0. The highest BCUT2D eigenvalue weighted by Crippen LogP contribution is 2.27. The maximum absolute atomic E-state index is 12.4. The second kappa shape index (κ2) is 9.43. The van der Waals surface area contributed by atoms with E-state index in [0.717, 1.165) is 10.8 Å². The van der Waals surface area contributed by atoms with Crippen LogP contribution in [-0.4, -0.2) is 27.1 Å².